The Morgan fingerprint density at radius 3 is 2.48 bits per heavy atom. The van der Waals surface area contributed by atoms with Crippen LogP contribution in [0.25, 0.3) is 4.91 Å². The number of nitrogens with one attached hydrogen (secondary N) is 1. The van der Waals surface area contributed by atoms with Crippen LogP contribution >= 0.6 is 11.8 Å². The Balaban J connectivity index is 2.13. The molecule has 25 heavy (non-hydrogen) atoms. The fourth-order valence-electron chi connectivity index (χ4n) is 2.82. The van der Waals surface area contributed by atoms with E-state index < -0.39 is 0 Å². The zero-order chi connectivity index (χ0) is 17.8. The van der Waals surface area contributed by atoms with Crippen LogP contribution in [0.15, 0.2) is 77.9 Å². The van der Waals surface area contributed by atoms with Crippen molar-refractivity contribution in [3.05, 3.63) is 89.0 Å². The Bertz CT molecular complexity index is 891. The molecule has 0 saturated carbocycles. The van der Waals surface area contributed by atoms with Gasteiger partial charge in [-0.3, -0.25) is 4.79 Å². The fourth-order valence-corrected chi connectivity index (χ4v) is 3.59. The molecule has 0 aromatic heterocycles. The number of hydrogen-bond acceptors (Lipinski definition) is 3. The molecule has 0 unspecified atom stereocenters. The summed E-state index contributed by atoms with van der Waals surface area (Å²) in [6.45, 7) is 4.09. The van der Waals surface area contributed by atoms with Gasteiger partial charge in [0.2, 0.25) is 0 Å². The molecule has 1 N–H and O–H groups in total. The number of anilines is 2. The van der Waals surface area contributed by atoms with Crippen LogP contribution < -0.4 is 5.32 Å². The average Bonchev–Trinajstić information content (AvgIpc) is 2.62. The first-order valence-electron chi connectivity index (χ1n) is 8.20. The molecule has 0 amide bonds. The molecule has 1 aliphatic rings. The third-order valence-corrected chi connectivity index (χ3v) is 4.90. The van der Waals surface area contributed by atoms with Gasteiger partial charge in [0.15, 0.2) is 5.78 Å². The molecule has 2 aromatic carbocycles. The van der Waals surface area contributed by atoms with Gasteiger partial charge in [-0.05, 0) is 56.5 Å². The summed E-state index contributed by atoms with van der Waals surface area (Å²) < 4.78 is 0. The van der Waals surface area contributed by atoms with Gasteiger partial charge in [0, 0.05) is 27.4 Å². The highest BCUT2D eigenvalue weighted by atomic mass is 32.2. The molecule has 3 rings (SSSR count). The Morgan fingerprint density at radius 2 is 1.76 bits per heavy atom. The lowest BCUT2D eigenvalue weighted by Gasteiger charge is -2.18. The Hall–Kier alpha value is -2.52. The summed E-state index contributed by atoms with van der Waals surface area (Å²) in [5.74, 6) is 0.0575. The molecule has 1 aliphatic carbocycles. The second-order valence-corrected chi connectivity index (χ2v) is 6.89. The highest BCUT2D eigenvalue weighted by molar-refractivity contribution is 8.07. The normalized spacial score (nSPS) is 15.8. The number of hydrogen-bond donors (Lipinski definition) is 1. The average molecular weight is 347 g/mol. The van der Waals surface area contributed by atoms with Gasteiger partial charge in [-0.15, -0.1) is 11.8 Å². The Kier molecular flexibility index (Phi) is 5.25. The molecule has 3 heteroatoms. The highest BCUT2D eigenvalue weighted by Gasteiger charge is 2.18. The van der Waals surface area contributed by atoms with Crippen molar-refractivity contribution in [3.63, 3.8) is 0 Å². The SMILES string of the molecule is CS/C(=C1\C=C(C)C=CC1=O)c1cc(C)ccc1Nc1ccccc1. The molecule has 0 heterocycles. The molecule has 0 spiro atoms. The summed E-state index contributed by atoms with van der Waals surface area (Å²) >= 11 is 1.61. The lowest BCUT2D eigenvalue weighted by molar-refractivity contribution is -0.111. The molecule has 2 aromatic rings. The first-order valence-corrected chi connectivity index (χ1v) is 9.43. The number of thioether (sulfide) groups is 1. The van der Waals surface area contributed by atoms with Gasteiger partial charge in [-0.2, -0.15) is 0 Å². The summed E-state index contributed by atoms with van der Waals surface area (Å²) in [6, 6.07) is 16.4. The van der Waals surface area contributed by atoms with Crippen LogP contribution in [0.5, 0.6) is 0 Å². The van der Waals surface area contributed by atoms with E-state index in [4.69, 9.17) is 0 Å². The lowest BCUT2D eigenvalue weighted by Crippen LogP contribution is -2.05. The van der Waals surface area contributed by atoms with Crippen molar-refractivity contribution < 1.29 is 4.79 Å². The zero-order valence-corrected chi connectivity index (χ0v) is 15.5. The summed E-state index contributed by atoms with van der Waals surface area (Å²) in [6.07, 6.45) is 7.51. The van der Waals surface area contributed by atoms with Gasteiger partial charge < -0.3 is 5.32 Å². The molecule has 0 saturated heterocycles. The maximum atomic E-state index is 12.4. The van der Waals surface area contributed by atoms with Gasteiger partial charge in [0.1, 0.15) is 0 Å². The minimum absolute atomic E-state index is 0.0575. The molecule has 0 radical (unpaired) electrons. The maximum Gasteiger partial charge on any atom is 0.187 e. The molecule has 0 aliphatic heterocycles. The van der Waals surface area contributed by atoms with E-state index in [0.717, 1.165) is 33.0 Å². The largest absolute Gasteiger partial charge is 0.355 e. The molecular formula is C22H21NOS. The number of carbonyl (C=O) groups is 1. The molecule has 0 atom stereocenters. The third kappa shape index (κ3) is 3.94. The molecule has 0 bridgehead atoms. The van der Waals surface area contributed by atoms with E-state index in [-0.39, 0.29) is 5.78 Å². The second-order valence-electron chi connectivity index (χ2n) is 6.07. The zero-order valence-electron chi connectivity index (χ0n) is 14.7. The van der Waals surface area contributed by atoms with Crippen molar-refractivity contribution >= 4 is 33.8 Å². The van der Waals surface area contributed by atoms with E-state index in [2.05, 4.69) is 30.4 Å². The van der Waals surface area contributed by atoms with Crippen LogP contribution in [0.2, 0.25) is 0 Å². The molecule has 0 fully saturated rings. The van der Waals surface area contributed by atoms with Crippen LogP contribution in [0.4, 0.5) is 11.4 Å². The Morgan fingerprint density at radius 1 is 1.00 bits per heavy atom. The molecule has 2 nitrogen and oxygen atoms in total. The monoisotopic (exact) mass is 347 g/mol. The van der Waals surface area contributed by atoms with E-state index in [1.54, 1.807) is 17.8 Å². The smallest absolute Gasteiger partial charge is 0.187 e. The minimum Gasteiger partial charge on any atom is -0.355 e. The van der Waals surface area contributed by atoms with Crippen molar-refractivity contribution in [2.45, 2.75) is 13.8 Å². The highest BCUT2D eigenvalue weighted by Crippen LogP contribution is 2.37. The number of aryl methyl sites for hydroxylation is 1. The number of benzene rings is 2. The number of allylic oxidation sites excluding steroid dienone is 5. The number of ketones is 1. The van der Waals surface area contributed by atoms with E-state index in [1.165, 1.54) is 5.56 Å². The van der Waals surface area contributed by atoms with E-state index in [0.29, 0.717) is 0 Å². The summed E-state index contributed by atoms with van der Waals surface area (Å²) in [7, 11) is 0. The van der Waals surface area contributed by atoms with E-state index in [9.17, 15) is 4.79 Å². The maximum absolute atomic E-state index is 12.4. The van der Waals surface area contributed by atoms with Crippen LogP contribution in [0, 0.1) is 6.92 Å². The molecule has 126 valence electrons. The predicted molar refractivity (Wildman–Crippen MR) is 109 cm³/mol. The first kappa shape index (κ1) is 17.3. The minimum atomic E-state index is 0.0575. The number of para-hydroxylation sites is 1. The van der Waals surface area contributed by atoms with Crippen LogP contribution in [-0.2, 0) is 4.79 Å². The quantitative estimate of drug-likeness (QED) is 0.698. The van der Waals surface area contributed by atoms with Gasteiger partial charge in [0.05, 0.1) is 0 Å². The van der Waals surface area contributed by atoms with Crippen molar-refractivity contribution in [2.75, 3.05) is 11.6 Å². The van der Waals surface area contributed by atoms with Crippen molar-refractivity contribution in [2.24, 2.45) is 0 Å². The fraction of sp³-hybridized carbons (Fsp3) is 0.136. The number of rotatable bonds is 4. The van der Waals surface area contributed by atoms with Crippen LogP contribution in [-0.4, -0.2) is 12.0 Å². The van der Waals surface area contributed by atoms with Gasteiger partial charge in [0.25, 0.3) is 0 Å². The number of carbonyl (C=O) groups excluding carboxylic acids is 1. The summed E-state index contributed by atoms with van der Waals surface area (Å²) in [5, 5.41) is 3.48. The van der Waals surface area contributed by atoms with E-state index >= 15 is 0 Å². The molecular weight excluding hydrogens is 326 g/mol. The predicted octanol–water partition coefficient (Wildman–Crippen LogP) is 5.90. The third-order valence-electron chi connectivity index (χ3n) is 4.06. The second kappa shape index (κ2) is 7.58. The van der Waals surface area contributed by atoms with Gasteiger partial charge in [-0.25, -0.2) is 0 Å². The standard InChI is InChI=1S/C22H21NOS/c1-15-9-11-20(23-17-7-5-4-6-8-17)18(13-15)22(25-3)19-14-16(2)10-12-21(19)24/h4-14,23H,1-3H3/b22-19+. The Labute approximate surface area is 153 Å². The van der Waals surface area contributed by atoms with Gasteiger partial charge >= 0.3 is 0 Å². The van der Waals surface area contributed by atoms with E-state index in [1.807, 2.05) is 55.7 Å². The first-order chi connectivity index (χ1) is 12.1. The summed E-state index contributed by atoms with van der Waals surface area (Å²) in [5.41, 5.74) is 6.10. The summed E-state index contributed by atoms with van der Waals surface area (Å²) in [4.78, 5) is 13.4. The van der Waals surface area contributed by atoms with Crippen molar-refractivity contribution in [3.8, 4) is 0 Å². The van der Waals surface area contributed by atoms with Crippen molar-refractivity contribution in [1.29, 1.82) is 0 Å². The van der Waals surface area contributed by atoms with Gasteiger partial charge in [-0.1, -0.05) is 41.5 Å². The van der Waals surface area contributed by atoms with Crippen molar-refractivity contribution in [1.82, 2.24) is 0 Å². The lowest BCUT2D eigenvalue weighted by atomic mass is 9.97. The van der Waals surface area contributed by atoms with Crippen LogP contribution in [0.3, 0.4) is 0 Å². The van der Waals surface area contributed by atoms with Crippen LogP contribution in [0.1, 0.15) is 18.1 Å². The topological polar surface area (TPSA) is 29.1 Å².